The zero-order chi connectivity index (χ0) is 84.9. The maximum absolute atomic E-state index is 2.49. The van der Waals surface area contributed by atoms with Crippen LogP contribution in [0.5, 0.6) is 0 Å². The van der Waals surface area contributed by atoms with Gasteiger partial charge in [-0.3, -0.25) is 0 Å². The van der Waals surface area contributed by atoms with Crippen molar-refractivity contribution in [3.8, 4) is 55.6 Å². The second-order valence-corrected chi connectivity index (χ2v) is 29.1. The Morgan fingerprint density at radius 2 is 0.504 bits per heavy atom. The minimum absolute atomic E-state index is 1.08. The SMILES string of the molecule is CC.CC.CC.CC.CC.CC.CC.CC.CC.CC.Cc1cc2c(cc1C)-c1c(ccc3c1CCCC3)C2.Cc1cc2c(cc1C)-c1cc3c(cc1C2)CCCC3.Cc1ccc2c(c1C)-c1c(ccc3ccccc13)C2.Cc1ccc2c(c1C)-c1cc3ccccc3cc1C2.Cc1ccc2c(c1C)-c1ccc3ccccc3c1C2. The maximum Gasteiger partial charge on any atom is -0.000718 e. The van der Waals surface area contributed by atoms with E-state index in [-0.39, 0.29) is 0 Å². The van der Waals surface area contributed by atoms with Gasteiger partial charge in [0.15, 0.2) is 0 Å². The molecule has 0 nitrogen and oxygen atoms in total. The van der Waals surface area contributed by atoms with Gasteiger partial charge >= 0.3 is 0 Å². The molecule has 7 aliphatic rings. The first-order valence-electron chi connectivity index (χ1n) is 45.5. The molecule has 7 aliphatic carbocycles. The summed E-state index contributed by atoms with van der Waals surface area (Å²) in [6, 6.07) is 72.9. The van der Waals surface area contributed by atoms with E-state index in [1.54, 1.807) is 38.9 Å². The summed E-state index contributed by atoms with van der Waals surface area (Å²) in [5, 5.41) is 8.19. The molecule has 13 aromatic carbocycles. The van der Waals surface area contributed by atoms with Crippen LogP contribution in [0.4, 0.5) is 0 Å². The first-order valence-corrected chi connectivity index (χ1v) is 45.5. The Bertz CT molecular complexity index is 5290. The van der Waals surface area contributed by atoms with Gasteiger partial charge in [-0.05, 0) is 380 Å². The van der Waals surface area contributed by atoms with Crippen molar-refractivity contribution in [1.29, 1.82) is 0 Å². The highest BCUT2D eigenvalue weighted by Crippen LogP contribution is 2.48. The molecule has 0 aliphatic heterocycles. The van der Waals surface area contributed by atoms with Gasteiger partial charge in [-0.15, -0.1) is 0 Å². The lowest BCUT2D eigenvalue weighted by molar-refractivity contribution is 0.685. The van der Waals surface area contributed by atoms with E-state index in [9.17, 15) is 0 Å². The van der Waals surface area contributed by atoms with E-state index in [2.05, 4.69) is 263 Å². The van der Waals surface area contributed by atoms with Crippen LogP contribution in [-0.4, -0.2) is 0 Å². The first kappa shape index (κ1) is 94.5. The summed E-state index contributed by atoms with van der Waals surface area (Å²) in [6.07, 6.45) is 16.1. The summed E-state index contributed by atoms with van der Waals surface area (Å²) in [6.45, 7) is 62.3. The molecule has 0 N–H and O–H groups in total. The van der Waals surface area contributed by atoms with Crippen molar-refractivity contribution in [2.75, 3.05) is 0 Å². The van der Waals surface area contributed by atoms with Crippen LogP contribution in [0.3, 0.4) is 0 Å². The third kappa shape index (κ3) is 20.5. The Balaban J connectivity index is 0.000000212. The normalized spacial score (nSPS) is 12.0. The van der Waals surface area contributed by atoms with Crippen molar-refractivity contribution in [1.82, 2.24) is 0 Å². The summed E-state index contributed by atoms with van der Waals surface area (Å²) in [5.41, 5.74) is 50.6. The topological polar surface area (TPSA) is 0 Å². The summed E-state index contributed by atoms with van der Waals surface area (Å²) in [5.74, 6) is 0. The number of hydrogen-bond donors (Lipinski definition) is 0. The number of fused-ring (bicyclic) bond motifs is 23. The first-order chi connectivity index (χ1) is 56.2. The molecular weight excluding hydrogens is 1380 g/mol. The van der Waals surface area contributed by atoms with Gasteiger partial charge in [0.1, 0.15) is 0 Å². The Kier molecular flexibility index (Phi) is 38.1. The van der Waals surface area contributed by atoms with E-state index in [4.69, 9.17) is 0 Å². The largest absolute Gasteiger partial charge is 0.0683 e. The zero-order valence-corrected chi connectivity index (χ0v) is 77.7. The van der Waals surface area contributed by atoms with Crippen LogP contribution in [0.1, 0.15) is 298 Å². The van der Waals surface area contributed by atoms with Crippen LogP contribution in [0.2, 0.25) is 0 Å². The average molecular weight is 1530 g/mol. The fraction of sp³-hybridized carbons (Fsp3) is 0.374. The highest BCUT2D eigenvalue weighted by molar-refractivity contribution is 6.02. The summed E-state index contributed by atoms with van der Waals surface area (Å²) < 4.78 is 0. The molecule has 0 heteroatoms. The molecule has 0 atom stereocenters. The van der Waals surface area contributed by atoms with E-state index >= 15 is 0 Å². The van der Waals surface area contributed by atoms with Gasteiger partial charge in [0.2, 0.25) is 0 Å². The van der Waals surface area contributed by atoms with E-state index in [0.29, 0.717) is 0 Å². The van der Waals surface area contributed by atoms with Gasteiger partial charge in [-0.25, -0.2) is 0 Å². The van der Waals surface area contributed by atoms with Gasteiger partial charge < -0.3 is 0 Å². The lowest BCUT2D eigenvalue weighted by Crippen LogP contribution is -2.04. The van der Waals surface area contributed by atoms with E-state index in [0.717, 1.165) is 32.1 Å². The fourth-order valence-electron chi connectivity index (χ4n) is 17.5. The highest BCUT2D eigenvalue weighted by atomic mass is 14.3. The second kappa shape index (κ2) is 46.4. The van der Waals surface area contributed by atoms with Crippen LogP contribution < -0.4 is 0 Å². The van der Waals surface area contributed by atoms with Gasteiger partial charge in [0.05, 0.1) is 0 Å². The number of benzene rings is 13. The Morgan fingerprint density at radius 3 is 1.07 bits per heavy atom. The number of hydrogen-bond acceptors (Lipinski definition) is 0. The average Bonchev–Trinajstić information content (AvgIpc) is 1.64. The third-order valence-corrected chi connectivity index (χ3v) is 23.4. The number of aryl methyl sites for hydroxylation is 10. The van der Waals surface area contributed by atoms with E-state index < -0.39 is 0 Å². The van der Waals surface area contributed by atoms with E-state index in [1.807, 2.05) is 138 Å². The van der Waals surface area contributed by atoms with Gasteiger partial charge in [0.25, 0.3) is 0 Å². The van der Waals surface area contributed by atoms with Crippen LogP contribution in [0, 0.1) is 69.2 Å². The van der Waals surface area contributed by atoms with Gasteiger partial charge in [-0.2, -0.15) is 0 Å². The Hall–Kier alpha value is -9.36. The molecule has 0 aromatic heterocycles. The Labute approximate surface area is 702 Å². The van der Waals surface area contributed by atoms with E-state index in [1.165, 1.54) is 234 Å². The van der Waals surface area contributed by atoms with Crippen molar-refractivity contribution in [3.63, 3.8) is 0 Å². The zero-order valence-electron chi connectivity index (χ0n) is 77.7. The van der Waals surface area contributed by atoms with Crippen molar-refractivity contribution < 1.29 is 0 Å². The van der Waals surface area contributed by atoms with Crippen LogP contribution in [0.15, 0.2) is 194 Å². The van der Waals surface area contributed by atoms with Crippen LogP contribution in [-0.2, 0) is 57.8 Å². The molecule has 0 bridgehead atoms. The van der Waals surface area contributed by atoms with Crippen molar-refractivity contribution in [2.24, 2.45) is 0 Å². The van der Waals surface area contributed by atoms with Crippen molar-refractivity contribution >= 4 is 32.3 Å². The lowest BCUT2D eigenvalue weighted by Gasteiger charge is -2.20. The molecule has 0 unspecified atom stereocenters. The smallest absolute Gasteiger partial charge is 0.000718 e. The van der Waals surface area contributed by atoms with Crippen LogP contribution in [0.25, 0.3) is 88.0 Å². The quantitative estimate of drug-likeness (QED) is 0.142. The standard InChI is InChI=1S/2C19H20.3C19H16.10C2H6/c1-12-7-16-10-17-9-14-5-3-4-6-15(14)11-19(17)18(16)8-13(12)2;1-12-9-16-11-15-8-7-14-5-3-4-6-17(14)19(15)18(16)10-13(12)2;1-12-7-8-16-10-17-9-14-5-3-4-6-15(14)11-18(17)19(16)13(12)2;1-12-7-8-15-11-16-10-9-14-5-3-4-6-17(14)19(16)18(15)13(12)2;1-12-7-8-15-11-18-16-6-4-3-5-14(16)9-10-17(18)19(15)13(12)2;10*1-2/h7-9,11H,3-6,10H2,1-2H3;7-10H,3-6,11H2,1-2H3;3-9,11H,10H2,1-2H3;2*3-10H,11H2,1-2H3;10*1-2H3. The maximum atomic E-state index is 2.49. The molecule has 0 saturated carbocycles. The second-order valence-electron chi connectivity index (χ2n) is 29.1. The summed E-state index contributed by atoms with van der Waals surface area (Å²) in [4.78, 5) is 0. The molecule has 0 amide bonds. The minimum atomic E-state index is 1.08. The Morgan fingerprint density at radius 1 is 0.174 bits per heavy atom. The molecule has 0 heterocycles. The third-order valence-electron chi connectivity index (χ3n) is 23.4. The molecule has 0 fully saturated rings. The monoisotopic (exact) mass is 1530 g/mol. The van der Waals surface area contributed by atoms with Crippen LogP contribution >= 0.6 is 0 Å². The lowest BCUT2D eigenvalue weighted by atomic mass is 9.85. The summed E-state index contributed by atoms with van der Waals surface area (Å²) in [7, 11) is 0. The molecular formula is C115H148. The molecule has 608 valence electrons. The molecule has 0 radical (unpaired) electrons. The highest BCUT2D eigenvalue weighted by Gasteiger charge is 2.29. The number of rotatable bonds is 0. The molecule has 13 aromatic rings. The predicted molar refractivity (Wildman–Crippen MR) is 520 cm³/mol. The fourth-order valence-corrected chi connectivity index (χ4v) is 17.5. The van der Waals surface area contributed by atoms with Gasteiger partial charge in [0, 0.05) is 0 Å². The predicted octanol–water partition coefficient (Wildman–Crippen LogP) is 34.9. The summed E-state index contributed by atoms with van der Waals surface area (Å²) >= 11 is 0. The molecule has 0 spiro atoms. The minimum Gasteiger partial charge on any atom is -0.0683 e. The molecule has 0 saturated heterocycles. The molecule has 20 rings (SSSR count). The molecule has 115 heavy (non-hydrogen) atoms. The van der Waals surface area contributed by atoms with Crippen molar-refractivity contribution in [2.45, 2.75) is 291 Å². The van der Waals surface area contributed by atoms with Crippen molar-refractivity contribution in [3.05, 3.63) is 328 Å². The van der Waals surface area contributed by atoms with Gasteiger partial charge in [-0.1, -0.05) is 327 Å².